The van der Waals surface area contributed by atoms with E-state index in [4.69, 9.17) is 15.2 Å². The molecular weight excluding hydrogens is 278 g/mol. The molecule has 22 heavy (non-hydrogen) atoms. The highest BCUT2D eigenvalue weighted by Gasteiger charge is 2.20. The summed E-state index contributed by atoms with van der Waals surface area (Å²) in [7, 11) is 1.67. The van der Waals surface area contributed by atoms with E-state index in [1.807, 2.05) is 19.1 Å². The van der Waals surface area contributed by atoms with Gasteiger partial charge in [-0.3, -0.25) is 4.99 Å². The summed E-state index contributed by atoms with van der Waals surface area (Å²) >= 11 is 0. The topological polar surface area (TPSA) is 68.9 Å². The van der Waals surface area contributed by atoms with E-state index in [0.717, 1.165) is 31.9 Å². The van der Waals surface area contributed by atoms with E-state index in [1.165, 1.54) is 5.56 Å². The Morgan fingerprint density at radius 1 is 1.27 bits per heavy atom. The van der Waals surface area contributed by atoms with Gasteiger partial charge in [0.1, 0.15) is 5.75 Å². The van der Waals surface area contributed by atoms with Crippen LogP contribution < -0.4 is 15.8 Å². The molecule has 0 atom stereocenters. The van der Waals surface area contributed by atoms with Crippen molar-refractivity contribution < 1.29 is 9.47 Å². The van der Waals surface area contributed by atoms with E-state index in [9.17, 15) is 0 Å². The largest absolute Gasteiger partial charge is 0.497 e. The highest BCUT2D eigenvalue weighted by Crippen LogP contribution is 2.25. The lowest BCUT2D eigenvalue weighted by molar-refractivity contribution is 0.145. The molecule has 124 valence electrons. The first-order valence-corrected chi connectivity index (χ1v) is 7.75. The predicted molar refractivity (Wildman–Crippen MR) is 91.6 cm³/mol. The van der Waals surface area contributed by atoms with Crippen molar-refractivity contribution in [3.05, 3.63) is 29.8 Å². The van der Waals surface area contributed by atoms with Crippen molar-refractivity contribution in [3.8, 4) is 5.75 Å². The SMILES string of the molecule is CCOCCCNC(N)=NCC(C)(C)c1ccc(OC)cc1. The molecule has 1 aromatic rings. The van der Waals surface area contributed by atoms with E-state index in [-0.39, 0.29) is 5.41 Å². The second-order valence-electron chi connectivity index (χ2n) is 5.79. The van der Waals surface area contributed by atoms with Gasteiger partial charge >= 0.3 is 0 Å². The Hall–Kier alpha value is -1.75. The van der Waals surface area contributed by atoms with Crippen molar-refractivity contribution in [2.24, 2.45) is 10.7 Å². The molecule has 0 heterocycles. The third kappa shape index (κ3) is 6.35. The minimum atomic E-state index is -0.0795. The highest BCUT2D eigenvalue weighted by atomic mass is 16.5. The molecular formula is C17H29N3O2. The monoisotopic (exact) mass is 307 g/mol. The number of nitrogens with one attached hydrogen (secondary N) is 1. The number of hydrogen-bond donors (Lipinski definition) is 2. The van der Waals surface area contributed by atoms with Gasteiger partial charge in [0.05, 0.1) is 13.7 Å². The molecule has 5 heteroatoms. The summed E-state index contributed by atoms with van der Waals surface area (Å²) in [5, 5.41) is 3.11. The summed E-state index contributed by atoms with van der Waals surface area (Å²) < 4.78 is 10.5. The summed E-state index contributed by atoms with van der Waals surface area (Å²) in [6.07, 6.45) is 0.923. The number of aliphatic imine (C=N–C) groups is 1. The maximum Gasteiger partial charge on any atom is 0.188 e. The Morgan fingerprint density at radius 2 is 1.95 bits per heavy atom. The third-order valence-electron chi connectivity index (χ3n) is 3.49. The number of methoxy groups -OCH3 is 1. The summed E-state index contributed by atoms with van der Waals surface area (Å²) in [6, 6.07) is 8.08. The van der Waals surface area contributed by atoms with Gasteiger partial charge in [-0.2, -0.15) is 0 Å². The average Bonchev–Trinajstić information content (AvgIpc) is 2.53. The summed E-state index contributed by atoms with van der Waals surface area (Å²) in [4.78, 5) is 4.44. The molecule has 0 bridgehead atoms. The van der Waals surface area contributed by atoms with Crippen LogP contribution in [-0.2, 0) is 10.2 Å². The molecule has 3 N–H and O–H groups in total. The van der Waals surface area contributed by atoms with Gasteiger partial charge in [0.15, 0.2) is 5.96 Å². The molecule has 0 saturated carbocycles. The zero-order valence-electron chi connectivity index (χ0n) is 14.2. The van der Waals surface area contributed by atoms with E-state index in [1.54, 1.807) is 7.11 Å². The summed E-state index contributed by atoms with van der Waals surface area (Å²) in [5.74, 6) is 1.34. The van der Waals surface area contributed by atoms with Crippen LogP contribution in [0.15, 0.2) is 29.3 Å². The number of nitrogens with zero attached hydrogens (tertiary/aromatic N) is 1. The van der Waals surface area contributed by atoms with Crippen LogP contribution in [0.3, 0.4) is 0 Å². The first-order valence-electron chi connectivity index (χ1n) is 7.75. The minimum Gasteiger partial charge on any atom is -0.497 e. The lowest BCUT2D eigenvalue weighted by Gasteiger charge is -2.23. The molecule has 1 aromatic carbocycles. The molecule has 0 aliphatic carbocycles. The van der Waals surface area contributed by atoms with Gasteiger partial charge in [-0.05, 0) is 31.0 Å². The van der Waals surface area contributed by atoms with Crippen LogP contribution >= 0.6 is 0 Å². The molecule has 0 unspecified atom stereocenters. The number of benzene rings is 1. The van der Waals surface area contributed by atoms with E-state index in [0.29, 0.717) is 12.5 Å². The Labute approximate surface area is 133 Å². The van der Waals surface area contributed by atoms with Crippen molar-refractivity contribution >= 4 is 5.96 Å². The maximum atomic E-state index is 5.90. The van der Waals surface area contributed by atoms with E-state index < -0.39 is 0 Å². The van der Waals surface area contributed by atoms with Crippen LogP contribution in [0.4, 0.5) is 0 Å². The van der Waals surface area contributed by atoms with Gasteiger partial charge in [-0.15, -0.1) is 0 Å². The summed E-state index contributed by atoms with van der Waals surface area (Å²) in [5.41, 5.74) is 7.03. The number of guanidine groups is 1. The fourth-order valence-electron chi connectivity index (χ4n) is 2.01. The molecule has 5 nitrogen and oxygen atoms in total. The first-order chi connectivity index (χ1) is 10.5. The Balaban J connectivity index is 2.46. The first kappa shape index (κ1) is 18.3. The fraction of sp³-hybridized carbons (Fsp3) is 0.588. The number of hydrogen-bond acceptors (Lipinski definition) is 3. The number of rotatable bonds is 9. The highest BCUT2D eigenvalue weighted by molar-refractivity contribution is 5.77. The normalized spacial score (nSPS) is 12.3. The predicted octanol–water partition coefficient (Wildman–Crippen LogP) is 2.30. The molecule has 0 aliphatic heterocycles. The van der Waals surface area contributed by atoms with Crippen molar-refractivity contribution in [2.75, 3.05) is 33.4 Å². The van der Waals surface area contributed by atoms with Gasteiger partial charge in [-0.1, -0.05) is 26.0 Å². The van der Waals surface area contributed by atoms with Crippen LogP contribution in [-0.4, -0.2) is 39.4 Å². The smallest absolute Gasteiger partial charge is 0.188 e. The second-order valence-corrected chi connectivity index (χ2v) is 5.79. The zero-order chi connectivity index (χ0) is 16.4. The third-order valence-corrected chi connectivity index (χ3v) is 3.49. The summed E-state index contributed by atoms with van der Waals surface area (Å²) in [6.45, 7) is 9.20. The number of nitrogens with two attached hydrogens (primary N) is 1. The van der Waals surface area contributed by atoms with Gasteiger partial charge in [0.25, 0.3) is 0 Å². The second kappa shape index (κ2) is 9.30. The standard InChI is InChI=1S/C17H29N3O2/c1-5-22-12-6-11-19-16(18)20-13-17(2,3)14-7-9-15(21-4)10-8-14/h7-10H,5-6,11-13H2,1-4H3,(H3,18,19,20). The lowest BCUT2D eigenvalue weighted by atomic mass is 9.85. The van der Waals surface area contributed by atoms with Crippen molar-refractivity contribution in [1.82, 2.24) is 5.32 Å². The van der Waals surface area contributed by atoms with E-state index >= 15 is 0 Å². The van der Waals surface area contributed by atoms with Crippen LogP contribution in [0.25, 0.3) is 0 Å². The molecule has 0 saturated heterocycles. The fourth-order valence-corrected chi connectivity index (χ4v) is 2.01. The molecule has 1 rings (SSSR count). The maximum absolute atomic E-state index is 5.90. The van der Waals surface area contributed by atoms with Gasteiger partial charge in [0.2, 0.25) is 0 Å². The van der Waals surface area contributed by atoms with Crippen LogP contribution in [0, 0.1) is 0 Å². The molecule has 0 radical (unpaired) electrons. The number of ether oxygens (including phenoxy) is 2. The van der Waals surface area contributed by atoms with Gasteiger partial charge in [-0.25, -0.2) is 0 Å². The minimum absolute atomic E-state index is 0.0795. The van der Waals surface area contributed by atoms with Gasteiger partial charge < -0.3 is 20.5 Å². The average molecular weight is 307 g/mol. The van der Waals surface area contributed by atoms with Crippen LogP contribution in [0.5, 0.6) is 5.75 Å². The molecule has 0 aliphatic rings. The molecule has 0 amide bonds. The Morgan fingerprint density at radius 3 is 2.55 bits per heavy atom. The lowest BCUT2D eigenvalue weighted by Crippen LogP contribution is -2.34. The van der Waals surface area contributed by atoms with Crippen molar-refractivity contribution in [1.29, 1.82) is 0 Å². The van der Waals surface area contributed by atoms with Crippen molar-refractivity contribution in [3.63, 3.8) is 0 Å². The molecule has 0 fully saturated rings. The van der Waals surface area contributed by atoms with Crippen LogP contribution in [0.2, 0.25) is 0 Å². The quantitative estimate of drug-likeness (QED) is 0.417. The van der Waals surface area contributed by atoms with Crippen molar-refractivity contribution in [2.45, 2.75) is 32.6 Å². The Kier molecular flexibility index (Phi) is 7.74. The zero-order valence-corrected chi connectivity index (χ0v) is 14.2. The molecule has 0 spiro atoms. The van der Waals surface area contributed by atoms with Gasteiger partial charge in [0, 0.05) is 25.2 Å². The van der Waals surface area contributed by atoms with E-state index in [2.05, 4.69) is 36.3 Å². The van der Waals surface area contributed by atoms with Crippen LogP contribution in [0.1, 0.15) is 32.8 Å². The Bertz CT molecular complexity index is 455. The molecule has 0 aromatic heterocycles.